The van der Waals surface area contributed by atoms with Gasteiger partial charge in [-0.05, 0) is 77.9 Å². The van der Waals surface area contributed by atoms with Gasteiger partial charge in [0, 0.05) is 32.1 Å². The van der Waals surface area contributed by atoms with Crippen molar-refractivity contribution in [3.05, 3.63) is 154 Å². The molecule has 55 heavy (non-hydrogen) atoms. The SMILES string of the molecule is COc1cc(/C=C(\NC(=O)c2ccccc2)C(=O)Nc2ccc(SC(C(=O)Nc3nc(-c4ccc(Cl)cc4)cs3)c3ccccc3)cc2)cc(OC)c1OC. The number of carbonyl (C=O) groups is 3. The Kier molecular flexibility index (Phi) is 12.9. The third-order valence-electron chi connectivity index (χ3n) is 8.11. The van der Waals surface area contributed by atoms with Crippen LogP contribution >= 0.6 is 34.7 Å². The van der Waals surface area contributed by atoms with Crippen LogP contribution in [0.1, 0.15) is 26.7 Å². The molecule has 0 saturated carbocycles. The number of thioether (sulfide) groups is 1. The van der Waals surface area contributed by atoms with Crippen LogP contribution in [0.2, 0.25) is 5.02 Å². The number of rotatable bonds is 14. The monoisotopic (exact) mass is 790 g/mol. The molecular weight excluding hydrogens is 756 g/mol. The first kappa shape index (κ1) is 38.6. The molecule has 10 nitrogen and oxygen atoms in total. The molecule has 0 fully saturated rings. The van der Waals surface area contributed by atoms with Crippen LogP contribution in [0.3, 0.4) is 0 Å². The zero-order valence-corrected chi connectivity index (χ0v) is 32.3. The molecule has 3 amide bonds. The van der Waals surface area contributed by atoms with E-state index in [0.29, 0.717) is 44.2 Å². The molecule has 0 saturated heterocycles. The normalized spacial score (nSPS) is 11.6. The van der Waals surface area contributed by atoms with Gasteiger partial charge >= 0.3 is 0 Å². The summed E-state index contributed by atoms with van der Waals surface area (Å²) in [5.41, 5.74) is 3.78. The topological polar surface area (TPSA) is 128 Å². The standard InChI is InChI=1S/C42H35ClN4O6S2/c1-51-35-23-26(24-36(52-2)37(35)53-3)22-33(45-39(48)29-12-8-5-9-13-29)40(49)44-31-18-20-32(21-19-31)55-38(28-10-6-4-7-11-28)41(50)47-42-46-34(25-54-42)27-14-16-30(43)17-15-27/h4-25,38H,1-3H3,(H,44,49)(H,45,48)(H,46,47,50)/b33-22-. The van der Waals surface area contributed by atoms with E-state index in [1.807, 2.05) is 60.0 Å². The maximum absolute atomic E-state index is 13.8. The van der Waals surface area contributed by atoms with E-state index in [1.54, 1.807) is 66.7 Å². The average Bonchev–Trinajstić information content (AvgIpc) is 3.68. The number of anilines is 2. The van der Waals surface area contributed by atoms with E-state index >= 15 is 0 Å². The van der Waals surface area contributed by atoms with Crippen molar-refractivity contribution in [2.45, 2.75) is 10.1 Å². The molecule has 278 valence electrons. The van der Waals surface area contributed by atoms with Crippen molar-refractivity contribution in [1.29, 1.82) is 0 Å². The third-order valence-corrected chi connectivity index (χ3v) is 10.4. The van der Waals surface area contributed by atoms with Crippen molar-refractivity contribution in [1.82, 2.24) is 10.3 Å². The first-order valence-corrected chi connectivity index (χ1v) is 18.9. The second-order valence-electron chi connectivity index (χ2n) is 11.8. The lowest BCUT2D eigenvalue weighted by molar-refractivity contribution is -0.116. The predicted molar refractivity (Wildman–Crippen MR) is 219 cm³/mol. The Morgan fingerprint density at radius 1 is 0.782 bits per heavy atom. The van der Waals surface area contributed by atoms with Crippen LogP contribution in [0, 0.1) is 0 Å². The lowest BCUT2D eigenvalue weighted by Crippen LogP contribution is -2.30. The fraction of sp³-hybridized carbons (Fsp3) is 0.0952. The number of carbonyl (C=O) groups excluding carboxylic acids is 3. The highest BCUT2D eigenvalue weighted by Gasteiger charge is 2.24. The third kappa shape index (κ3) is 9.92. The van der Waals surface area contributed by atoms with Gasteiger partial charge in [-0.3, -0.25) is 14.4 Å². The number of hydrogen-bond acceptors (Lipinski definition) is 9. The minimum atomic E-state index is -0.606. The van der Waals surface area contributed by atoms with Crippen molar-refractivity contribution < 1.29 is 28.6 Å². The number of halogens is 1. The van der Waals surface area contributed by atoms with Crippen LogP contribution in [0.15, 0.2) is 137 Å². The fourth-order valence-electron chi connectivity index (χ4n) is 5.40. The summed E-state index contributed by atoms with van der Waals surface area (Å²) in [6, 6.07) is 35.8. The fourth-order valence-corrected chi connectivity index (χ4v) is 7.27. The van der Waals surface area contributed by atoms with E-state index in [9.17, 15) is 14.4 Å². The summed E-state index contributed by atoms with van der Waals surface area (Å²) in [5.74, 6) is -0.120. The molecule has 0 radical (unpaired) electrons. The van der Waals surface area contributed by atoms with Gasteiger partial charge in [0.05, 0.1) is 27.0 Å². The van der Waals surface area contributed by atoms with Gasteiger partial charge < -0.3 is 30.2 Å². The Bertz CT molecular complexity index is 2280. The number of hydrogen-bond donors (Lipinski definition) is 3. The highest BCUT2D eigenvalue weighted by atomic mass is 35.5. The average molecular weight is 791 g/mol. The second kappa shape index (κ2) is 18.3. The van der Waals surface area contributed by atoms with Gasteiger partial charge in [-0.2, -0.15) is 0 Å². The summed E-state index contributed by atoms with van der Waals surface area (Å²) in [5, 5.41) is 11.0. The summed E-state index contributed by atoms with van der Waals surface area (Å²) < 4.78 is 16.4. The maximum atomic E-state index is 13.8. The van der Waals surface area contributed by atoms with Crippen molar-refractivity contribution in [2.24, 2.45) is 0 Å². The summed E-state index contributed by atoms with van der Waals surface area (Å²) in [6.45, 7) is 0. The minimum absolute atomic E-state index is 0.0243. The van der Waals surface area contributed by atoms with Gasteiger partial charge in [0.2, 0.25) is 11.7 Å². The van der Waals surface area contributed by atoms with E-state index in [2.05, 4.69) is 20.9 Å². The quantitative estimate of drug-likeness (QED) is 0.0736. The van der Waals surface area contributed by atoms with Crippen LogP contribution in [0.4, 0.5) is 10.8 Å². The van der Waals surface area contributed by atoms with E-state index in [-0.39, 0.29) is 11.6 Å². The van der Waals surface area contributed by atoms with Gasteiger partial charge in [-0.25, -0.2) is 4.98 Å². The molecule has 6 rings (SSSR count). The Balaban J connectivity index is 1.21. The number of amides is 3. The van der Waals surface area contributed by atoms with Gasteiger partial charge in [-0.15, -0.1) is 23.1 Å². The van der Waals surface area contributed by atoms with Crippen molar-refractivity contribution in [3.8, 4) is 28.5 Å². The number of nitrogens with one attached hydrogen (secondary N) is 3. The zero-order chi connectivity index (χ0) is 38.7. The summed E-state index contributed by atoms with van der Waals surface area (Å²) in [7, 11) is 4.48. The lowest BCUT2D eigenvalue weighted by atomic mass is 10.1. The molecule has 6 aromatic rings. The number of benzene rings is 5. The van der Waals surface area contributed by atoms with Gasteiger partial charge in [0.1, 0.15) is 10.9 Å². The van der Waals surface area contributed by atoms with Crippen LogP contribution < -0.4 is 30.2 Å². The smallest absolute Gasteiger partial charge is 0.272 e. The predicted octanol–water partition coefficient (Wildman–Crippen LogP) is 9.37. The van der Waals surface area contributed by atoms with E-state index in [4.69, 9.17) is 25.8 Å². The number of ether oxygens (including phenoxy) is 3. The molecule has 1 heterocycles. The molecular formula is C42H35ClN4O6S2. The molecule has 5 aromatic carbocycles. The highest BCUT2D eigenvalue weighted by molar-refractivity contribution is 8.00. The number of thiazole rings is 1. The van der Waals surface area contributed by atoms with Crippen LogP contribution in [-0.2, 0) is 9.59 Å². The summed E-state index contributed by atoms with van der Waals surface area (Å²) in [6.07, 6.45) is 1.52. The molecule has 1 unspecified atom stereocenters. The first-order valence-electron chi connectivity index (χ1n) is 16.8. The molecule has 13 heteroatoms. The van der Waals surface area contributed by atoms with Crippen LogP contribution in [-0.4, -0.2) is 44.0 Å². The Morgan fingerprint density at radius 3 is 2.04 bits per heavy atom. The van der Waals surface area contributed by atoms with Crippen molar-refractivity contribution >= 4 is 69.3 Å². The van der Waals surface area contributed by atoms with E-state index in [0.717, 1.165) is 21.7 Å². The molecule has 1 atom stereocenters. The number of aromatic nitrogens is 1. The van der Waals surface area contributed by atoms with Crippen molar-refractivity contribution in [3.63, 3.8) is 0 Å². The molecule has 0 bridgehead atoms. The molecule has 0 spiro atoms. The Hall–Kier alpha value is -6.08. The lowest BCUT2D eigenvalue weighted by Gasteiger charge is -2.17. The Labute approximate surface area is 331 Å². The molecule has 1 aromatic heterocycles. The Morgan fingerprint density at radius 2 is 1.42 bits per heavy atom. The van der Waals surface area contributed by atoms with Gasteiger partial charge in [0.15, 0.2) is 16.6 Å². The summed E-state index contributed by atoms with van der Waals surface area (Å²) >= 11 is 8.74. The number of nitrogens with zero attached hydrogens (tertiary/aromatic N) is 1. The second-order valence-corrected chi connectivity index (χ2v) is 14.2. The molecule has 0 aliphatic carbocycles. The molecule has 0 aliphatic heterocycles. The van der Waals surface area contributed by atoms with Crippen LogP contribution in [0.25, 0.3) is 17.3 Å². The molecule has 3 N–H and O–H groups in total. The van der Waals surface area contributed by atoms with Crippen molar-refractivity contribution in [2.75, 3.05) is 32.0 Å². The maximum Gasteiger partial charge on any atom is 0.272 e. The van der Waals surface area contributed by atoms with E-state index in [1.165, 1.54) is 50.5 Å². The first-order chi connectivity index (χ1) is 26.7. The van der Waals surface area contributed by atoms with Gasteiger partial charge in [-0.1, -0.05) is 72.3 Å². The van der Waals surface area contributed by atoms with Gasteiger partial charge in [0.25, 0.3) is 11.8 Å². The molecule has 0 aliphatic rings. The summed E-state index contributed by atoms with van der Waals surface area (Å²) in [4.78, 5) is 46.2. The zero-order valence-electron chi connectivity index (χ0n) is 29.9. The van der Waals surface area contributed by atoms with E-state index < -0.39 is 17.1 Å². The highest BCUT2D eigenvalue weighted by Crippen LogP contribution is 2.39. The minimum Gasteiger partial charge on any atom is -0.493 e. The van der Waals surface area contributed by atoms with Crippen LogP contribution in [0.5, 0.6) is 17.2 Å². The number of methoxy groups -OCH3 is 3. The largest absolute Gasteiger partial charge is 0.493 e.